The van der Waals surface area contributed by atoms with Crippen molar-refractivity contribution in [2.45, 2.75) is 13.5 Å². The Labute approximate surface area is 108 Å². The van der Waals surface area contributed by atoms with Gasteiger partial charge in [-0.15, -0.1) is 0 Å². The maximum atomic E-state index is 11.7. The van der Waals surface area contributed by atoms with Crippen LogP contribution in [0.4, 0.5) is 5.69 Å². The molecule has 5 heteroatoms. The van der Waals surface area contributed by atoms with Gasteiger partial charge in [-0.05, 0) is 30.7 Å². The van der Waals surface area contributed by atoms with Gasteiger partial charge in [-0.1, -0.05) is 22.0 Å². The lowest BCUT2D eigenvalue weighted by Crippen LogP contribution is -2.18. The number of hydrogen-bond acceptors (Lipinski definition) is 2. The van der Waals surface area contributed by atoms with Gasteiger partial charge in [0.25, 0.3) is 0 Å². The van der Waals surface area contributed by atoms with Gasteiger partial charge >= 0.3 is 0 Å². The fraction of sp³-hybridized carbons (Fsp3) is 0.167. The number of nitrogens with zero attached hydrogens (tertiary/aromatic N) is 2. The van der Waals surface area contributed by atoms with Gasteiger partial charge < -0.3 is 5.32 Å². The van der Waals surface area contributed by atoms with Crippen molar-refractivity contribution < 1.29 is 4.79 Å². The molecule has 1 N–H and O–H groups in total. The van der Waals surface area contributed by atoms with E-state index in [0.29, 0.717) is 0 Å². The maximum Gasteiger partial charge on any atom is 0.246 e. The number of rotatable bonds is 3. The van der Waals surface area contributed by atoms with Crippen LogP contribution in [0.2, 0.25) is 0 Å². The fourth-order valence-corrected chi connectivity index (χ4v) is 1.79. The molecule has 0 saturated heterocycles. The Morgan fingerprint density at radius 1 is 1.53 bits per heavy atom. The standard InChI is InChI=1S/C12H12BrN3O/c1-9-3-4-10(7-11(9)13)15-12(17)8-16-6-2-5-14-16/h2-7H,8H2,1H3,(H,15,17). The third-order valence-corrected chi connectivity index (χ3v) is 3.17. The van der Waals surface area contributed by atoms with Crippen LogP contribution in [0.15, 0.2) is 41.1 Å². The third kappa shape index (κ3) is 3.17. The van der Waals surface area contributed by atoms with E-state index in [0.717, 1.165) is 15.7 Å². The molecule has 0 aliphatic heterocycles. The molecule has 4 nitrogen and oxygen atoms in total. The summed E-state index contributed by atoms with van der Waals surface area (Å²) in [6.45, 7) is 2.22. The number of nitrogens with one attached hydrogen (secondary N) is 1. The molecule has 0 saturated carbocycles. The van der Waals surface area contributed by atoms with Gasteiger partial charge in [0.15, 0.2) is 0 Å². The Bertz CT molecular complexity index is 523. The van der Waals surface area contributed by atoms with Crippen LogP contribution in [-0.4, -0.2) is 15.7 Å². The summed E-state index contributed by atoms with van der Waals surface area (Å²) < 4.78 is 2.56. The zero-order valence-corrected chi connectivity index (χ0v) is 10.9. The van der Waals surface area contributed by atoms with E-state index in [1.165, 1.54) is 0 Å². The fourth-order valence-electron chi connectivity index (χ4n) is 1.41. The number of halogens is 1. The highest BCUT2D eigenvalue weighted by Gasteiger charge is 2.04. The molecule has 1 aromatic carbocycles. The number of aromatic nitrogens is 2. The second-order valence-electron chi connectivity index (χ2n) is 3.72. The van der Waals surface area contributed by atoms with Crippen LogP contribution >= 0.6 is 15.9 Å². The highest BCUT2D eigenvalue weighted by Crippen LogP contribution is 2.20. The van der Waals surface area contributed by atoms with Crippen LogP contribution in [0.5, 0.6) is 0 Å². The van der Waals surface area contributed by atoms with E-state index in [1.54, 1.807) is 23.1 Å². The van der Waals surface area contributed by atoms with Crippen LogP contribution in [0.3, 0.4) is 0 Å². The largest absolute Gasteiger partial charge is 0.324 e. The summed E-state index contributed by atoms with van der Waals surface area (Å²) in [7, 11) is 0. The van der Waals surface area contributed by atoms with Crippen molar-refractivity contribution in [3.05, 3.63) is 46.7 Å². The number of carbonyl (C=O) groups is 1. The van der Waals surface area contributed by atoms with Crippen molar-refractivity contribution in [3.63, 3.8) is 0 Å². The summed E-state index contributed by atoms with van der Waals surface area (Å²) in [6, 6.07) is 7.50. The lowest BCUT2D eigenvalue weighted by atomic mass is 10.2. The average Bonchev–Trinajstić information content (AvgIpc) is 2.76. The molecule has 0 aliphatic carbocycles. The predicted molar refractivity (Wildman–Crippen MR) is 69.7 cm³/mol. The number of hydrogen-bond donors (Lipinski definition) is 1. The van der Waals surface area contributed by atoms with Gasteiger partial charge in [-0.3, -0.25) is 9.48 Å². The monoisotopic (exact) mass is 293 g/mol. The number of carbonyl (C=O) groups excluding carboxylic acids is 1. The maximum absolute atomic E-state index is 11.7. The SMILES string of the molecule is Cc1ccc(NC(=O)Cn2cccn2)cc1Br. The highest BCUT2D eigenvalue weighted by atomic mass is 79.9. The van der Waals surface area contributed by atoms with E-state index in [-0.39, 0.29) is 12.5 Å². The van der Waals surface area contributed by atoms with E-state index in [4.69, 9.17) is 0 Å². The minimum Gasteiger partial charge on any atom is -0.324 e. The Morgan fingerprint density at radius 2 is 2.35 bits per heavy atom. The Hall–Kier alpha value is -1.62. The van der Waals surface area contributed by atoms with Crippen LogP contribution < -0.4 is 5.32 Å². The van der Waals surface area contributed by atoms with Gasteiger partial charge in [0.2, 0.25) is 5.91 Å². The second-order valence-corrected chi connectivity index (χ2v) is 4.57. The molecule has 1 heterocycles. The normalized spacial score (nSPS) is 10.2. The molecule has 0 radical (unpaired) electrons. The van der Waals surface area contributed by atoms with Crippen LogP contribution in [0.1, 0.15) is 5.56 Å². The van der Waals surface area contributed by atoms with Crippen LogP contribution in [-0.2, 0) is 11.3 Å². The Kier molecular flexibility index (Phi) is 3.58. The summed E-state index contributed by atoms with van der Waals surface area (Å²) in [4.78, 5) is 11.7. The molecule has 0 fully saturated rings. The summed E-state index contributed by atoms with van der Waals surface area (Å²) in [5.41, 5.74) is 1.91. The van der Waals surface area contributed by atoms with E-state index in [9.17, 15) is 4.79 Å². The Balaban J connectivity index is 2.00. The minimum atomic E-state index is -0.0931. The first-order chi connectivity index (χ1) is 8.15. The smallest absolute Gasteiger partial charge is 0.246 e. The van der Waals surface area contributed by atoms with E-state index in [1.807, 2.05) is 25.1 Å². The summed E-state index contributed by atoms with van der Waals surface area (Å²) in [6.07, 6.45) is 3.40. The summed E-state index contributed by atoms with van der Waals surface area (Å²) in [5, 5.41) is 6.79. The highest BCUT2D eigenvalue weighted by molar-refractivity contribution is 9.10. The molecule has 0 aliphatic rings. The minimum absolute atomic E-state index is 0.0931. The third-order valence-electron chi connectivity index (χ3n) is 2.32. The zero-order valence-electron chi connectivity index (χ0n) is 9.35. The van der Waals surface area contributed by atoms with Crippen molar-refractivity contribution in [2.24, 2.45) is 0 Å². The van der Waals surface area contributed by atoms with Gasteiger partial charge in [-0.2, -0.15) is 5.10 Å². The van der Waals surface area contributed by atoms with E-state index >= 15 is 0 Å². The molecule has 2 aromatic rings. The quantitative estimate of drug-likeness (QED) is 0.945. The molecular formula is C12H12BrN3O. The van der Waals surface area contributed by atoms with Gasteiger partial charge in [-0.25, -0.2) is 0 Å². The molecule has 0 bridgehead atoms. The molecule has 0 unspecified atom stereocenters. The first-order valence-electron chi connectivity index (χ1n) is 5.18. The summed E-state index contributed by atoms with van der Waals surface area (Å²) >= 11 is 3.43. The van der Waals surface area contributed by atoms with Crippen LogP contribution in [0, 0.1) is 6.92 Å². The van der Waals surface area contributed by atoms with Crippen molar-refractivity contribution in [1.82, 2.24) is 9.78 Å². The van der Waals surface area contributed by atoms with Crippen molar-refractivity contribution in [3.8, 4) is 0 Å². The van der Waals surface area contributed by atoms with Crippen molar-refractivity contribution >= 4 is 27.5 Å². The van der Waals surface area contributed by atoms with E-state index < -0.39 is 0 Å². The lowest BCUT2D eigenvalue weighted by molar-refractivity contribution is -0.116. The molecule has 2 rings (SSSR count). The molecule has 88 valence electrons. The van der Waals surface area contributed by atoms with E-state index in [2.05, 4.69) is 26.3 Å². The zero-order chi connectivity index (χ0) is 12.3. The molecule has 0 atom stereocenters. The second kappa shape index (κ2) is 5.14. The topological polar surface area (TPSA) is 46.9 Å². The molecule has 1 amide bonds. The molecule has 17 heavy (non-hydrogen) atoms. The van der Waals surface area contributed by atoms with Gasteiger partial charge in [0.05, 0.1) is 0 Å². The first-order valence-corrected chi connectivity index (χ1v) is 5.98. The molecule has 1 aromatic heterocycles. The van der Waals surface area contributed by atoms with Crippen LogP contribution in [0.25, 0.3) is 0 Å². The number of benzene rings is 1. The molecular weight excluding hydrogens is 282 g/mol. The number of anilines is 1. The average molecular weight is 294 g/mol. The predicted octanol–water partition coefficient (Wildman–Crippen LogP) is 2.59. The molecule has 0 spiro atoms. The van der Waals surface area contributed by atoms with Crippen molar-refractivity contribution in [1.29, 1.82) is 0 Å². The lowest BCUT2D eigenvalue weighted by Gasteiger charge is -2.07. The summed E-state index contributed by atoms with van der Waals surface area (Å²) in [5.74, 6) is -0.0931. The number of aryl methyl sites for hydroxylation is 1. The Morgan fingerprint density at radius 3 is 3.00 bits per heavy atom. The van der Waals surface area contributed by atoms with Crippen molar-refractivity contribution in [2.75, 3.05) is 5.32 Å². The first kappa shape index (κ1) is 11.9. The number of amides is 1. The van der Waals surface area contributed by atoms with Gasteiger partial charge in [0, 0.05) is 22.6 Å². The van der Waals surface area contributed by atoms with Gasteiger partial charge in [0.1, 0.15) is 6.54 Å².